The Morgan fingerprint density at radius 1 is 0.633 bits per heavy atom. The first-order valence-electron chi connectivity index (χ1n) is 10.5. The summed E-state index contributed by atoms with van der Waals surface area (Å²) in [5.41, 5.74) is 0. The lowest BCUT2D eigenvalue weighted by Crippen LogP contribution is -2.28. The van der Waals surface area contributed by atoms with E-state index in [9.17, 15) is 39.0 Å². The number of Topliss-reactive ketones (excluding diaryl/α,β-unsaturated/α-hetero) is 4. The van der Waals surface area contributed by atoms with Crippen LogP contribution in [-0.2, 0) is 28.8 Å². The molecule has 0 aromatic rings. The average Bonchev–Trinajstić information content (AvgIpc) is 2.67. The number of unbranched alkanes of at least 4 members (excludes halogenated alkanes) is 1. The second-order valence-electron chi connectivity index (χ2n) is 7.79. The molecule has 0 rings (SSSR count). The summed E-state index contributed by atoms with van der Waals surface area (Å²) < 4.78 is 0. The van der Waals surface area contributed by atoms with E-state index in [4.69, 9.17) is 0 Å². The summed E-state index contributed by atoms with van der Waals surface area (Å²) in [5.74, 6) is -7.06. The standard InChI is InChI=1S/C22H34O8/c1-5-19(25)17(13(3)23)11-15(21(27)28)9-7-8-10-16(22(29)30)12-18(14(4)24)20(26)6-2/h15-18H,5-12H2,1-4H3,(H,27,28)(H,29,30). The molecule has 0 fully saturated rings. The molecule has 170 valence electrons. The molecule has 0 bridgehead atoms. The zero-order valence-electron chi connectivity index (χ0n) is 18.3. The molecular formula is C22H34O8. The molecule has 0 amide bonds. The van der Waals surface area contributed by atoms with Gasteiger partial charge in [0.05, 0.1) is 23.7 Å². The molecule has 0 aromatic carbocycles. The van der Waals surface area contributed by atoms with Gasteiger partial charge in [-0.3, -0.25) is 28.8 Å². The van der Waals surface area contributed by atoms with Crippen molar-refractivity contribution in [3.63, 3.8) is 0 Å². The Hall–Kier alpha value is -2.38. The number of hydrogen-bond donors (Lipinski definition) is 2. The van der Waals surface area contributed by atoms with E-state index in [2.05, 4.69) is 0 Å². The Morgan fingerprint density at radius 3 is 1.13 bits per heavy atom. The highest BCUT2D eigenvalue weighted by Gasteiger charge is 2.31. The van der Waals surface area contributed by atoms with Crippen molar-refractivity contribution in [2.24, 2.45) is 23.7 Å². The Bertz CT molecular complexity index is 596. The molecule has 0 saturated carbocycles. The smallest absolute Gasteiger partial charge is 0.306 e. The molecule has 8 nitrogen and oxygen atoms in total. The molecule has 0 aliphatic carbocycles. The summed E-state index contributed by atoms with van der Waals surface area (Å²) in [4.78, 5) is 70.3. The minimum absolute atomic E-state index is 0.0584. The fraction of sp³-hybridized carbons (Fsp3) is 0.727. The van der Waals surface area contributed by atoms with E-state index in [1.807, 2.05) is 0 Å². The normalized spacial score (nSPS) is 14.9. The third-order valence-corrected chi connectivity index (χ3v) is 5.55. The zero-order valence-corrected chi connectivity index (χ0v) is 18.3. The molecule has 0 aliphatic rings. The van der Waals surface area contributed by atoms with Crippen LogP contribution in [0.1, 0.15) is 79.1 Å². The molecule has 0 spiro atoms. The van der Waals surface area contributed by atoms with E-state index >= 15 is 0 Å². The topological polar surface area (TPSA) is 143 Å². The molecule has 8 heteroatoms. The van der Waals surface area contributed by atoms with E-state index in [0.717, 1.165) is 0 Å². The fourth-order valence-electron chi connectivity index (χ4n) is 3.58. The van der Waals surface area contributed by atoms with Crippen LogP contribution in [0.3, 0.4) is 0 Å². The maximum Gasteiger partial charge on any atom is 0.306 e. The number of carbonyl (C=O) groups is 6. The molecule has 0 saturated heterocycles. The molecule has 0 radical (unpaired) electrons. The lowest BCUT2D eigenvalue weighted by molar-refractivity contribution is -0.145. The van der Waals surface area contributed by atoms with Crippen molar-refractivity contribution < 1.29 is 39.0 Å². The number of carboxylic acid groups (broad SMARTS) is 2. The first kappa shape index (κ1) is 27.6. The Morgan fingerprint density at radius 2 is 0.933 bits per heavy atom. The lowest BCUT2D eigenvalue weighted by atomic mass is 9.83. The van der Waals surface area contributed by atoms with Crippen LogP contribution in [0.5, 0.6) is 0 Å². The summed E-state index contributed by atoms with van der Waals surface area (Å²) in [7, 11) is 0. The van der Waals surface area contributed by atoms with Crippen molar-refractivity contribution in [1.82, 2.24) is 0 Å². The van der Waals surface area contributed by atoms with Gasteiger partial charge in [-0.2, -0.15) is 0 Å². The third kappa shape index (κ3) is 9.41. The van der Waals surface area contributed by atoms with Crippen LogP contribution in [0.25, 0.3) is 0 Å². The molecule has 2 N–H and O–H groups in total. The average molecular weight is 427 g/mol. The molecule has 4 atom stereocenters. The fourth-order valence-corrected chi connectivity index (χ4v) is 3.58. The number of hydrogen-bond acceptors (Lipinski definition) is 6. The van der Waals surface area contributed by atoms with Gasteiger partial charge in [-0.25, -0.2) is 0 Å². The Labute approximate surface area is 177 Å². The van der Waals surface area contributed by atoms with Crippen LogP contribution in [0.15, 0.2) is 0 Å². The van der Waals surface area contributed by atoms with E-state index in [1.165, 1.54) is 13.8 Å². The van der Waals surface area contributed by atoms with Gasteiger partial charge in [0.2, 0.25) is 0 Å². The molecule has 0 aromatic heterocycles. The van der Waals surface area contributed by atoms with Crippen LogP contribution in [0.4, 0.5) is 0 Å². The largest absolute Gasteiger partial charge is 0.481 e. The highest BCUT2D eigenvalue weighted by Crippen LogP contribution is 2.25. The van der Waals surface area contributed by atoms with Gasteiger partial charge in [-0.1, -0.05) is 26.7 Å². The summed E-state index contributed by atoms with van der Waals surface area (Å²) in [6.07, 6.45) is 1.43. The molecule has 30 heavy (non-hydrogen) atoms. The first-order chi connectivity index (χ1) is 14.0. The number of ketones is 4. The Balaban J connectivity index is 4.90. The maximum absolute atomic E-state index is 11.9. The molecular weight excluding hydrogens is 392 g/mol. The second kappa shape index (κ2) is 13.8. The number of aliphatic carboxylic acids is 2. The number of carbonyl (C=O) groups excluding carboxylic acids is 4. The highest BCUT2D eigenvalue weighted by molar-refractivity contribution is 6.02. The monoisotopic (exact) mass is 426 g/mol. The SMILES string of the molecule is CCC(=O)C(CC(CCCCC(CC(C(C)=O)C(=O)CC)C(=O)O)C(=O)O)C(C)=O. The Kier molecular flexibility index (Phi) is 12.7. The molecule has 0 heterocycles. The van der Waals surface area contributed by atoms with Gasteiger partial charge in [-0.05, 0) is 39.5 Å². The van der Waals surface area contributed by atoms with E-state index in [-0.39, 0.29) is 61.7 Å². The van der Waals surface area contributed by atoms with Crippen molar-refractivity contribution >= 4 is 35.1 Å². The van der Waals surface area contributed by atoms with E-state index in [1.54, 1.807) is 13.8 Å². The third-order valence-electron chi connectivity index (χ3n) is 5.55. The van der Waals surface area contributed by atoms with Gasteiger partial charge in [0.15, 0.2) is 0 Å². The van der Waals surface area contributed by atoms with Crippen LogP contribution in [0, 0.1) is 23.7 Å². The predicted molar refractivity (Wildman–Crippen MR) is 109 cm³/mol. The maximum atomic E-state index is 11.9. The van der Waals surface area contributed by atoms with Gasteiger partial charge in [0.25, 0.3) is 0 Å². The van der Waals surface area contributed by atoms with Gasteiger partial charge >= 0.3 is 11.9 Å². The summed E-state index contributed by atoms with van der Waals surface area (Å²) in [6.45, 7) is 5.80. The van der Waals surface area contributed by atoms with Crippen LogP contribution >= 0.6 is 0 Å². The van der Waals surface area contributed by atoms with Crippen molar-refractivity contribution in [3.8, 4) is 0 Å². The minimum Gasteiger partial charge on any atom is -0.481 e. The number of rotatable bonds is 17. The predicted octanol–water partition coefficient (Wildman–Crippen LogP) is 3.10. The highest BCUT2D eigenvalue weighted by atomic mass is 16.4. The van der Waals surface area contributed by atoms with Crippen LogP contribution < -0.4 is 0 Å². The van der Waals surface area contributed by atoms with Crippen molar-refractivity contribution in [1.29, 1.82) is 0 Å². The van der Waals surface area contributed by atoms with Crippen molar-refractivity contribution in [2.75, 3.05) is 0 Å². The van der Waals surface area contributed by atoms with Crippen molar-refractivity contribution in [2.45, 2.75) is 79.1 Å². The van der Waals surface area contributed by atoms with E-state index < -0.39 is 35.6 Å². The van der Waals surface area contributed by atoms with Gasteiger partial charge < -0.3 is 10.2 Å². The summed E-state index contributed by atoms with van der Waals surface area (Å²) in [6, 6.07) is 0. The van der Waals surface area contributed by atoms with Crippen LogP contribution in [0.2, 0.25) is 0 Å². The quantitative estimate of drug-likeness (QED) is 0.267. The van der Waals surface area contributed by atoms with E-state index in [0.29, 0.717) is 12.8 Å². The number of carboxylic acids is 2. The summed E-state index contributed by atoms with van der Waals surface area (Å²) >= 11 is 0. The zero-order chi connectivity index (χ0) is 23.4. The van der Waals surface area contributed by atoms with Gasteiger partial charge in [-0.15, -0.1) is 0 Å². The van der Waals surface area contributed by atoms with Crippen molar-refractivity contribution in [3.05, 3.63) is 0 Å². The minimum atomic E-state index is -1.09. The van der Waals surface area contributed by atoms with Gasteiger partial charge in [0, 0.05) is 12.8 Å². The van der Waals surface area contributed by atoms with Crippen LogP contribution in [-0.4, -0.2) is 45.3 Å². The lowest BCUT2D eigenvalue weighted by Gasteiger charge is -2.19. The summed E-state index contributed by atoms with van der Waals surface area (Å²) in [5, 5.41) is 18.9. The molecule has 0 aliphatic heterocycles. The first-order valence-corrected chi connectivity index (χ1v) is 10.5. The van der Waals surface area contributed by atoms with Gasteiger partial charge in [0.1, 0.15) is 23.1 Å². The molecule has 4 unspecified atom stereocenters. The second-order valence-corrected chi connectivity index (χ2v) is 7.79.